The number of hydrogen-bond acceptors (Lipinski definition) is 3. The van der Waals surface area contributed by atoms with Gasteiger partial charge in [0.2, 0.25) is 5.88 Å². The van der Waals surface area contributed by atoms with E-state index in [1.165, 1.54) is 4.68 Å². The fourth-order valence-corrected chi connectivity index (χ4v) is 2.92. The van der Waals surface area contributed by atoms with Crippen LogP contribution in [0.5, 0.6) is 5.88 Å². The van der Waals surface area contributed by atoms with Crippen molar-refractivity contribution in [3.8, 4) is 34.1 Å². The Balaban J connectivity index is 1.74. The van der Waals surface area contributed by atoms with Crippen molar-refractivity contribution in [1.29, 1.82) is 0 Å². The largest absolute Gasteiger partial charge is 0.493 e. The highest BCUT2D eigenvalue weighted by Gasteiger charge is 2.11. The van der Waals surface area contributed by atoms with Crippen LogP contribution in [0.4, 0.5) is 0 Å². The normalized spacial score (nSPS) is 10.8. The van der Waals surface area contributed by atoms with Gasteiger partial charge in [-0.2, -0.15) is 9.78 Å². The first kappa shape index (κ1) is 15.6. The molecule has 2 aromatic carbocycles. The summed E-state index contributed by atoms with van der Waals surface area (Å²) in [5.41, 5.74) is 3.85. The number of aromatic hydroxyl groups is 1. The molecule has 0 saturated carbocycles. The third kappa shape index (κ3) is 3.19. The van der Waals surface area contributed by atoms with Gasteiger partial charge in [0.1, 0.15) is 0 Å². The highest BCUT2D eigenvalue weighted by atomic mass is 79.9. The number of hydrogen-bond donors (Lipinski definition) is 1. The molecule has 2 heterocycles. The second-order valence-corrected chi connectivity index (χ2v) is 6.49. The molecule has 1 N–H and O–H groups in total. The Kier molecular flexibility index (Phi) is 4.07. The fourth-order valence-electron chi connectivity index (χ4n) is 2.66. The number of aromatic nitrogens is 3. The summed E-state index contributed by atoms with van der Waals surface area (Å²) < 4.78 is 2.48. The lowest BCUT2D eigenvalue weighted by Gasteiger charge is -2.04. The predicted molar refractivity (Wildman–Crippen MR) is 102 cm³/mol. The van der Waals surface area contributed by atoms with Crippen molar-refractivity contribution in [2.75, 3.05) is 0 Å². The van der Waals surface area contributed by atoms with Crippen LogP contribution in [-0.4, -0.2) is 19.9 Å². The molecule has 122 valence electrons. The van der Waals surface area contributed by atoms with E-state index in [4.69, 9.17) is 0 Å². The molecule has 0 unspecified atom stereocenters. The Bertz CT molecular complexity index is 1010. The summed E-state index contributed by atoms with van der Waals surface area (Å²) >= 11 is 3.46. The minimum absolute atomic E-state index is 0.0581. The minimum Gasteiger partial charge on any atom is -0.493 e. The van der Waals surface area contributed by atoms with Crippen LogP contribution < -0.4 is 0 Å². The molecule has 4 aromatic rings. The smallest absolute Gasteiger partial charge is 0.216 e. The van der Waals surface area contributed by atoms with Crippen LogP contribution >= 0.6 is 15.9 Å². The van der Waals surface area contributed by atoms with E-state index in [-0.39, 0.29) is 5.88 Å². The highest BCUT2D eigenvalue weighted by molar-refractivity contribution is 9.10. The van der Waals surface area contributed by atoms with Gasteiger partial charge in [-0.15, -0.1) is 0 Å². The van der Waals surface area contributed by atoms with Gasteiger partial charge in [-0.1, -0.05) is 52.3 Å². The maximum absolute atomic E-state index is 10.2. The van der Waals surface area contributed by atoms with Gasteiger partial charge in [0, 0.05) is 22.3 Å². The molecule has 0 aliphatic rings. The molecule has 0 radical (unpaired) electrons. The molecule has 4 rings (SSSR count). The van der Waals surface area contributed by atoms with E-state index in [2.05, 4.69) is 50.3 Å². The van der Waals surface area contributed by atoms with Crippen molar-refractivity contribution in [2.24, 2.45) is 0 Å². The van der Waals surface area contributed by atoms with E-state index in [0.717, 1.165) is 21.2 Å². The zero-order valence-electron chi connectivity index (χ0n) is 13.2. The highest BCUT2D eigenvalue weighted by Crippen LogP contribution is 2.29. The molecule has 0 aliphatic heterocycles. The van der Waals surface area contributed by atoms with Gasteiger partial charge >= 0.3 is 0 Å². The first-order chi connectivity index (χ1) is 12.2. The first-order valence-electron chi connectivity index (χ1n) is 7.77. The molecule has 4 nitrogen and oxygen atoms in total. The molecule has 0 amide bonds. The summed E-state index contributed by atoms with van der Waals surface area (Å²) in [7, 11) is 0. The van der Waals surface area contributed by atoms with E-state index in [1.807, 2.05) is 36.4 Å². The number of benzene rings is 2. The second-order valence-electron chi connectivity index (χ2n) is 5.58. The van der Waals surface area contributed by atoms with Crippen LogP contribution in [0.15, 0.2) is 83.5 Å². The number of halogens is 1. The molecule has 0 bridgehead atoms. The number of nitrogens with zero attached hydrogens (tertiary/aromatic N) is 3. The van der Waals surface area contributed by atoms with Crippen molar-refractivity contribution in [3.63, 3.8) is 0 Å². The maximum Gasteiger partial charge on any atom is 0.216 e. The Morgan fingerprint density at radius 2 is 1.60 bits per heavy atom. The third-order valence-corrected chi connectivity index (χ3v) is 4.42. The summed E-state index contributed by atoms with van der Waals surface area (Å²) in [5.74, 6) is 0.637. The van der Waals surface area contributed by atoms with Crippen molar-refractivity contribution in [3.05, 3.63) is 83.5 Å². The number of rotatable bonds is 3. The van der Waals surface area contributed by atoms with E-state index in [1.54, 1.807) is 18.3 Å². The molecular weight excluding hydrogens is 378 g/mol. The molecular formula is C20H14BrN3O. The van der Waals surface area contributed by atoms with Gasteiger partial charge in [0.15, 0.2) is 5.82 Å². The topological polar surface area (TPSA) is 50.9 Å². The fraction of sp³-hybridized carbons (Fsp3) is 0. The SMILES string of the molecule is Oc1cc(-c2cccc(-c3ccc(Br)cc3)c2)nn1-c1ccccn1. The van der Waals surface area contributed by atoms with Crippen molar-refractivity contribution < 1.29 is 5.11 Å². The minimum atomic E-state index is 0.0581. The van der Waals surface area contributed by atoms with Gasteiger partial charge in [-0.3, -0.25) is 0 Å². The van der Waals surface area contributed by atoms with Crippen LogP contribution in [0.25, 0.3) is 28.2 Å². The van der Waals surface area contributed by atoms with E-state index < -0.39 is 0 Å². The van der Waals surface area contributed by atoms with Crippen LogP contribution in [0.1, 0.15) is 0 Å². The van der Waals surface area contributed by atoms with Gasteiger partial charge in [-0.25, -0.2) is 4.98 Å². The monoisotopic (exact) mass is 391 g/mol. The van der Waals surface area contributed by atoms with Crippen molar-refractivity contribution in [1.82, 2.24) is 14.8 Å². The average Bonchev–Trinajstić information content (AvgIpc) is 3.05. The summed E-state index contributed by atoms with van der Waals surface area (Å²) in [5, 5.41) is 14.7. The summed E-state index contributed by atoms with van der Waals surface area (Å²) in [4.78, 5) is 4.23. The molecule has 0 aliphatic carbocycles. The standard InChI is InChI=1S/C20H14BrN3O/c21-17-9-7-14(8-10-17)15-4-3-5-16(12-15)18-13-20(25)24(23-18)19-6-1-2-11-22-19/h1-13,25H. The molecule has 25 heavy (non-hydrogen) atoms. The van der Waals surface area contributed by atoms with Gasteiger partial charge in [0.05, 0.1) is 5.69 Å². The van der Waals surface area contributed by atoms with E-state index in [9.17, 15) is 5.11 Å². The van der Waals surface area contributed by atoms with Gasteiger partial charge in [0.25, 0.3) is 0 Å². The van der Waals surface area contributed by atoms with Crippen LogP contribution in [0.3, 0.4) is 0 Å². The van der Waals surface area contributed by atoms with Crippen LogP contribution in [0, 0.1) is 0 Å². The molecule has 0 spiro atoms. The quantitative estimate of drug-likeness (QED) is 0.530. The van der Waals surface area contributed by atoms with Gasteiger partial charge in [-0.05, 0) is 41.5 Å². The van der Waals surface area contributed by atoms with Crippen LogP contribution in [0.2, 0.25) is 0 Å². The Morgan fingerprint density at radius 1 is 0.800 bits per heavy atom. The summed E-state index contributed by atoms with van der Waals surface area (Å²) in [6, 6.07) is 23.4. The molecule has 0 saturated heterocycles. The second kappa shape index (κ2) is 6.53. The molecule has 0 fully saturated rings. The predicted octanol–water partition coefficient (Wildman–Crippen LogP) is 5.07. The lowest BCUT2D eigenvalue weighted by Crippen LogP contribution is -1.98. The first-order valence-corrected chi connectivity index (χ1v) is 8.57. The molecule has 2 aromatic heterocycles. The lowest BCUT2D eigenvalue weighted by atomic mass is 10.0. The Hall–Kier alpha value is -2.92. The van der Waals surface area contributed by atoms with E-state index in [0.29, 0.717) is 11.5 Å². The van der Waals surface area contributed by atoms with E-state index >= 15 is 0 Å². The lowest BCUT2D eigenvalue weighted by molar-refractivity contribution is 0.432. The maximum atomic E-state index is 10.2. The summed E-state index contributed by atoms with van der Waals surface area (Å²) in [6.07, 6.45) is 1.67. The molecule has 5 heteroatoms. The zero-order chi connectivity index (χ0) is 17.2. The third-order valence-electron chi connectivity index (χ3n) is 3.89. The van der Waals surface area contributed by atoms with Crippen molar-refractivity contribution in [2.45, 2.75) is 0 Å². The zero-order valence-corrected chi connectivity index (χ0v) is 14.8. The molecule has 0 atom stereocenters. The Morgan fingerprint density at radius 3 is 2.36 bits per heavy atom. The van der Waals surface area contributed by atoms with Gasteiger partial charge < -0.3 is 5.11 Å². The van der Waals surface area contributed by atoms with Crippen molar-refractivity contribution >= 4 is 15.9 Å². The average molecular weight is 392 g/mol. The van der Waals surface area contributed by atoms with Crippen LogP contribution in [-0.2, 0) is 0 Å². The number of pyridine rings is 1. The summed E-state index contributed by atoms with van der Waals surface area (Å²) in [6.45, 7) is 0. The Labute approximate surface area is 153 Å².